The number of rotatable bonds is 2. The van der Waals surface area contributed by atoms with E-state index in [0.717, 1.165) is 12.1 Å². The lowest BCUT2D eigenvalue weighted by atomic mass is 9.97. The van der Waals surface area contributed by atoms with E-state index in [1.807, 2.05) is 18.2 Å². The van der Waals surface area contributed by atoms with E-state index in [4.69, 9.17) is 0 Å². The normalized spacial score (nSPS) is 17.3. The lowest BCUT2D eigenvalue weighted by Gasteiger charge is -2.19. The van der Waals surface area contributed by atoms with E-state index in [2.05, 4.69) is 29.3 Å². The molecular formula is C17H23N. The van der Waals surface area contributed by atoms with Gasteiger partial charge in [0.1, 0.15) is 0 Å². The van der Waals surface area contributed by atoms with Crippen LogP contribution in [0, 0.1) is 11.8 Å². The van der Waals surface area contributed by atoms with Gasteiger partial charge in [0.05, 0.1) is 6.54 Å². The first-order chi connectivity index (χ1) is 8.95. The molecule has 1 aliphatic carbocycles. The van der Waals surface area contributed by atoms with Crippen LogP contribution < -0.4 is 5.32 Å². The van der Waals surface area contributed by atoms with Gasteiger partial charge in [-0.05, 0) is 25.0 Å². The van der Waals surface area contributed by atoms with Gasteiger partial charge >= 0.3 is 0 Å². The Kier molecular flexibility index (Phi) is 5.82. The first-order valence-electron chi connectivity index (χ1n) is 7.22. The molecule has 1 saturated carbocycles. The van der Waals surface area contributed by atoms with Crippen LogP contribution in [0.15, 0.2) is 30.3 Å². The SMILES string of the molecule is C(#Cc1ccccc1)CNC1CCCCCCC1. The van der Waals surface area contributed by atoms with E-state index in [1.54, 1.807) is 0 Å². The Balaban J connectivity index is 1.72. The molecule has 1 heteroatoms. The molecule has 1 N–H and O–H groups in total. The summed E-state index contributed by atoms with van der Waals surface area (Å²) in [6.45, 7) is 0.819. The van der Waals surface area contributed by atoms with Crippen molar-refractivity contribution < 1.29 is 0 Å². The van der Waals surface area contributed by atoms with Gasteiger partial charge < -0.3 is 5.32 Å². The van der Waals surface area contributed by atoms with Crippen molar-refractivity contribution >= 4 is 0 Å². The molecule has 2 rings (SSSR count). The maximum absolute atomic E-state index is 3.59. The zero-order valence-electron chi connectivity index (χ0n) is 11.1. The van der Waals surface area contributed by atoms with Crippen molar-refractivity contribution in [1.82, 2.24) is 5.32 Å². The predicted octanol–water partition coefficient (Wildman–Crippen LogP) is 3.74. The summed E-state index contributed by atoms with van der Waals surface area (Å²) < 4.78 is 0. The summed E-state index contributed by atoms with van der Waals surface area (Å²) in [6, 6.07) is 10.9. The predicted molar refractivity (Wildman–Crippen MR) is 77.4 cm³/mol. The van der Waals surface area contributed by atoms with Crippen LogP contribution in [0.3, 0.4) is 0 Å². The van der Waals surface area contributed by atoms with E-state index >= 15 is 0 Å². The van der Waals surface area contributed by atoms with E-state index < -0.39 is 0 Å². The fourth-order valence-electron chi connectivity index (χ4n) is 2.52. The van der Waals surface area contributed by atoms with Gasteiger partial charge in [-0.15, -0.1) is 0 Å². The molecule has 0 radical (unpaired) electrons. The summed E-state index contributed by atoms with van der Waals surface area (Å²) >= 11 is 0. The Labute approximate surface area is 111 Å². The number of hydrogen-bond acceptors (Lipinski definition) is 1. The maximum atomic E-state index is 3.59. The van der Waals surface area contributed by atoms with Gasteiger partial charge in [-0.3, -0.25) is 0 Å². The molecule has 0 atom stereocenters. The lowest BCUT2D eigenvalue weighted by molar-refractivity contribution is 0.403. The Morgan fingerprint density at radius 2 is 1.61 bits per heavy atom. The molecule has 18 heavy (non-hydrogen) atoms. The molecule has 0 bridgehead atoms. The number of nitrogens with one attached hydrogen (secondary N) is 1. The highest BCUT2D eigenvalue weighted by Gasteiger charge is 2.09. The summed E-state index contributed by atoms with van der Waals surface area (Å²) in [4.78, 5) is 0. The highest BCUT2D eigenvalue weighted by atomic mass is 14.9. The summed E-state index contributed by atoms with van der Waals surface area (Å²) in [5.74, 6) is 6.42. The van der Waals surface area contributed by atoms with Crippen LogP contribution in [0.2, 0.25) is 0 Å². The second-order valence-electron chi connectivity index (χ2n) is 5.09. The molecular weight excluding hydrogens is 218 g/mol. The highest BCUT2D eigenvalue weighted by Crippen LogP contribution is 2.16. The standard InChI is InChI=1S/C17H23N/c1-2-7-13-17(14-8-3-1)18-15-9-12-16-10-5-4-6-11-16/h4-6,10-11,17-18H,1-3,7-8,13-15H2. The van der Waals surface area contributed by atoms with Gasteiger partial charge in [-0.25, -0.2) is 0 Å². The van der Waals surface area contributed by atoms with Crippen LogP contribution in [0.4, 0.5) is 0 Å². The zero-order valence-corrected chi connectivity index (χ0v) is 11.1. The largest absolute Gasteiger partial charge is 0.303 e. The fraction of sp³-hybridized carbons (Fsp3) is 0.529. The molecule has 0 heterocycles. The van der Waals surface area contributed by atoms with Gasteiger partial charge in [-0.2, -0.15) is 0 Å². The fourth-order valence-corrected chi connectivity index (χ4v) is 2.52. The average Bonchev–Trinajstić information content (AvgIpc) is 2.38. The summed E-state index contributed by atoms with van der Waals surface area (Å²) in [6.07, 6.45) is 9.66. The first-order valence-corrected chi connectivity index (χ1v) is 7.22. The van der Waals surface area contributed by atoms with Crippen molar-refractivity contribution in [2.75, 3.05) is 6.54 Å². The average molecular weight is 241 g/mol. The van der Waals surface area contributed by atoms with E-state index in [9.17, 15) is 0 Å². The smallest absolute Gasteiger partial charge is 0.0582 e. The zero-order chi connectivity index (χ0) is 12.5. The van der Waals surface area contributed by atoms with Crippen molar-refractivity contribution in [3.05, 3.63) is 35.9 Å². The Morgan fingerprint density at radius 3 is 2.33 bits per heavy atom. The molecule has 0 saturated heterocycles. The van der Waals surface area contributed by atoms with E-state index in [0.29, 0.717) is 6.04 Å². The van der Waals surface area contributed by atoms with Gasteiger partial charge in [0, 0.05) is 11.6 Å². The van der Waals surface area contributed by atoms with Gasteiger partial charge in [0.25, 0.3) is 0 Å². The molecule has 0 unspecified atom stereocenters. The quantitative estimate of drug-likeness (QED) is 0.778. The maximum Gasteiger partial charge on any atom is 0.0582 e. The van der Waals surface area contributed by atoms with Crippen molar-refractivity contribution in [3.8, 4) is 11.8 Å². The lowest BCUT2D eigenvalue weighted by Crippen LogP contribution is -2.29. The Hall–Kier alpha value is -1.26. The molecule has 1 fully saturated rings. The van der Waals surface area contributed by atoms with Crippen LogP contribution in [0.25, 0.3) is 0 Å². The minimum Gasteiger partial charge on any atom is -0.303 e. The van der Waals surface area contributed by atoms with Crippen LogP contribution >= 0.6 is 0 Å². The highest BCUT2D eigenvalue weighted by molar-refractivity contribution is 5.33. The van der Waals surface area contributed by atoms with Crippen LogP contribution in [0.5, 0.6) is 0 Å². The number of hydrogen-bond donors (Lipinski definition) is 1. The Morgan fingerprint density at radius 1 is 0.944 bits per heavy atom. The Bertz CT molecular complexity index is 377. The van der Waals surface area contributed by atoms with Crippen molar-refractivity contribution in [2.45, 2.75) is 51.0 Å². The monoisotopic (exact) mass is 241 g/mol. The molecule has 0 aromatic heterocycles. The van der Waals surface area contributed by atoms with E-state index in [1.165, 1.54) is 44.9 Å². The molecule has 1 aromatic rings. The molecule has 1 aromatic carbocycles. The molecule has 96 valence electrons. The van der Waals surface area contributed by atoms with Crippen LogP contribution in [-0.2, 0) is 0 Å². The summed E-state index contributed by atoms with van der Waals surface area (Å²) in [5, 5.41) is 3.59. The third-order valence-electron chi connectivity index (χ3n) is 3.59. The molecule has 1 nitrogen and oxygen atoms in total. The second-order valence-corrected chi connectivity index (χ2v) is 5.09. The van der Waals surface area contributed by atoms with Crippen molar-refractivity contribution in [2.24, 2.45) is 0 Å². The summed E-state index contributed by atoms with van der Waals surface area (Å²) in [7, 11) is 0. The van der Waals surface area contributed by atoms with Crippen molar-refractivity contribution in [1.29, 1.82) is 0 Å². The second kappa shape index (κ2) is 7.95. The third kappa shape index (κ3) is 4.94. The third-order valence-corrected chi connectivity index (χ3v) is 3.59. The van der Waals surface area contributed by atoms with E-state index in [-0.39, 0.29) is 0 Å². The van der Waals surface area contributed by atoms with Gasteiger partial charge in [-0.1, -0.05) is 62.1 Å². The molecule has 0 amide bonds. The minimum atomic E-state index is 0.690. The van der Waals surface area contributed by atoms with Crippen LogP contribution in [-0.4, -0.2) is 12.6 Å². The topological polar surface area (TPSA) is 12.0 Å². The first kappa shape index (κ1) is 13.2. The number of benzene rings is 1. The molecule has 0 aliphatic heterocycles. The van der Waals surface area contributed by atoms with Crippen LogP contribution in [0.1, 0.15) is 50.5 Å². The van der Waals surface area contributed by atoms with Gasteiger partial charge in [0.2, 0.25) is 0 Å². The summed E-state index contributed by atoms with van der Waals surface area (Å²) in [5.41, 5.74) is 1.11. The molecule has 1 aliphatic rings. The minimum absolute atomic E-state index is 0.690. The molecule has 0 spiro atoms. The van der Waals surface area contributed by atoms with Gasteiger partial charge in [0.15, 0.2) is 0 Å². The van der Waals surface area contributed by atoms with Crippen molar-refractivity contribution in [3.63, 3.8) is 0 Å².